The number of nitrogens with one attached hydrogen (secondary N) is 1. The van der Waals surface area contributed by atoms with E-state index in [-0.39, 0.29) is 5.92 Å². The molecule has 1 amide bonds. The maximum absolute atomic E-state index is 12.6. The zero-order chi connectivity index (χ0) is 13.8. The quantitative estimate of drug-likeness (QED) is 0.834. The molecule has 110 valence electrons. The summed E-state index contributed by atoms with van der Waals surface area (Å²) in [5, 5.41) is 3.43. The van der Waals surface area contributed by atoms with Crippen LogP contribution in [0.25, 0.3) is 0 Å². The van der Waals surface area contributed by atoms with Gasteiger partial charge < -0.3 is 15.1 Å². The van der Waals surface area contributed by atoms with Crippen LogP contribution in [0.15, 0.2) is 0 Å². The molecule has 4 nitrogen and oxygen atoms in total. The Kier molecular flexibility index (Phi) is 5.22. The lowest BCUT2D eigenvalue weighted by atomic mass is 9.89. The minimum Gasteiger partial charge on any atom is -0.342 e. The highest BCUT2D eigenvalue weighted by atomic mass is 16.2. The molecule has 0 aromatic carbocycles. The Bertz CT molecular complexity index is 298. The van der Waals surface area contributed by atoms with Crippen LogP contribution in [0.3, 0.4) is 0 Å². The molecule has 4 heteroatoms. The van der Waals surface area contributed by atoms with Crippen molar-refractivity contribution in [1.82, 2.24) is 15.1 Å². The smallest absolute Gasteiger partial charge is 0.227 e. The molecule has 2 aliphatic rings. The predicted molar refractivity (Wildman–Crippen MR) is 78.0 cm³/mol. The molecular weight excluding hydrogens is 238 g/mol. The minimum atomic E-state index is 0.208. The van der Waals surface area contributed by atoms with Crippen molar-refractivity contribution in [3.63, 3.8) is 0 Å². The number of carbonyl (C=O) groups is 1. The number of rotatable bonds is 3. The molecule has 2 unspecified atom stereocenters. The summed E-state index contributed by atoms with van der Waals surface area (Å²) < 4.78 is 0. The maximum atomic E-state index is 12.6. The number of hydrogen-bond donors (Lipinski definition) is 1. The van der Waals surface area contributed by atoms with Crippen LogP contribution < -0.4 is 5.32 Å². The van der Waals surface area contributed by atoms with Gasteiger partial charge in [-0.3, -0.25) is 4.79 Å². The Labute approximate surface area is 117 Å². The van der Waals surface area contributed by atoms with Crippen LogP contribution in [0.5, 0.6) is 0 Å². The SMILES string of the molecule is CC1NCCCC1C(=O)N1CCC(CN(C)C)CC1. The van der Waals surface area contributed by atoms with Gasteiger partial charge >= 0.3 is 0 Å². The van der Waals surface area contributed by atoms with Crippen LogP contribution in [0, 0.1) is 11.8 Å². The van der Waals surface area contributed by atoms with Gasteiger partial charge in [0.15, 0.2) is 0 Å². The maximum Gasteiger partial charge on any atom is 0.227 e. The van der Waals surface area contributed by atoms with Crippen LogP contribution in [0.4, 0.5) is 0 Å². The van der Waals surface area contributed by atoms with E-state index < -0.39 is 0 Å². The summed E-state index contributed by atoms with van der Waals surface area (Å²) in [6.07, 6.45) is 4.53. The van der Waals surface area contributed by atoms with Gasteiger partial charge in [-0.05, 0) is 59.2 Å². The second kappa shape index (κ2) is 6.71. The molecule has 2 fully saturated rings. The van der Waals surface area contributed by atoms with Crippen molar-refractivity contribution in [2.45, 2.75) is 38.6 Å². The molecule has 2 heterocycles. The number of amides is 1. The lowest BCUT2D eigenvalue weighted by Crippen LogP contribution is -2.50. The zero-order valence-electron chi connectivity index (χ0n) is 12.7. The fourth-order valence-electron chi connectivity index (χ4n) is 3.47. The molecule has 0 saturated carbocycles. The first-order valence-electron chi connectivity index (χ1n) is 7.75. The molecule has 2 aliphatic heterocycles. The van der Waals surface area contributed by atoms with E-state index in [1.165, 1.54) is 12.8 Å². The summed E-state index contributed by atoms with van der Waals surface area (Å²) in [5.74, 6) is 1.36. The summed E-state index contributed by atoms with van der Waals surface area (Å²) in [6, 6.07) is 0.348. The Morgan fingerprint density at radius 1 is 1.26 bits per heavy atom. The van der Waals surface area contributed by atoms with Crippen molar-refractivity contribution in [1.29, 1.82) is 0 Å². The zero-order valence-corrected chi connectivity index (χ0v) is 12.7. The van der Waals surface area contributed by atoms with Crippen molar-refractivity contribution >= 4 is 5.91 Å². The van der Waals surface area contributed by atoms with E-state index in [0.29, 0.717) is 11.9 Å². The van der Waals surface area contributed by atoms with Crippen LogP contribution in [0.2, 0.25) is 0 Å². The number of piperidine rings is 2. The number of hydrogen-bond acceptors (Lipinski definition) is 3. The van der Waals surface area contributed by atoms with Crippen molar-refractivity contribution in [3.05, 3.63) is 0 Å². The van der Waals surface area contributed by atoms with E-state index in [1.807, 2.05) is 0 Å². The second-order valence-corrected chi connectivity index (χ2v) is 6.52. The topological polar surface area (TPSA) is 35.6 Å². The molecule has 0 aromatic heterocycles. The monoisotopic (exact) mass is 267 g/mol. The normalized spacial score (nSPS) is 29.8. The van der Waals surface area contributed by atoms with Gasteiger partial charge in [-0.1, -0.05) is 0 Å². The second-order valence-electron chi connectivity index (χ2n) is 6.52. The molecule has 2 saturated heterocycles. The summed E-state index contributed by atoms with van der Waals surface area (Å²) in [6.45, 7) is 6.29. The van der Waals surface area contributed by atoms with Gasteiger partial charge in [0, 0.05) is 25.7 Å². The number of carbonyl (C=O) groups excluding carboxylic acids is 1. The summed E-state index contributed by atoms with van der Waals surface area (Å²) >= 11 is 0. The van der Waals surface area contributed by atoms with Crippen LogP contribution in [0.1, 0.15) is 32.6 Å². The van der Waals surface area contributed by atoms with Gasteiger partial charge in [0.2, 0.25) is 5.91 Å². The van der Waals surface area contributed by atoms with E-state index in [0.717, 1.165) is 44.9 Å². The van der Waals surface area contributed by atoms with E-state index in [4.69, 9.17) is 0 Å². The first-order valence-corrected chi connectivity index (χ1v) is 7.75. The third-order valence-electron chi connectivity index (χ3n) is 4.63. The predicted octanol–water partition coefficient (Wildman–Crippen LogP) is 1.17. The lowest BCUT2D eigenvalue weighted by Gasteiger charge is -2.38. The van der Waals surface area contributed by atoms with Gasteiger partial charge in [-0.2, -0.15) is 0 Å². The highest BCUT2D eigenvalue weighted by Gasteiger charge is 2.32. The molecule has 2 rings (SSSR count). The largest absolute Gasteiger partial charge is 0.342 e. The van der Waals surface area contributed by atoms with E-state index in [1.54, 1.807) is 0 Å². The molecule has 0 radical (unpaired) electrons. The molecule has 0 spiro atoms. The van der Waals surface area contributed by atoms with Crippen molar-refractivity contribution in [3.8, 4) is 0 Å². The van der Waals surface area contributed by atoms with E-state index in [9.17, 15) is 4.79 Å². The minimum absolute atomic E-state index is 0.208. The molecule has 0 aromatic rings. The molecule has 0 bridgehead atoms. The molecule has 0 aliphatic carbocycles. The standard InChI is InChI=1S/C15H29N3O/c1-12-14(5-4-8-16-12)15(19)18-9-6-13(7-10-18)11-17(2)3/h12-14,16H,4-11H2,1-3H3. The molecular formula is C15H29N3O. The van der Waals surface area contributed by atoms with E-state index >= 15 is 0 Å². The van der Waals surface area contributed by atoms with Crippen LogP contribution >= 0.6 is 0 Å². The number of nitrogens with zero attached hydrogens (tertiary/aromatic N) is 2. The molecule has 1 N–H and O–H groups in total. The summed E-state index contributed by atoms with van der Waals surface area (Å²) in [4.78, 5) is 16.9. The van der Waals surface area contributed by atoms with Gasteiger partial charge in [-0.25, -0.2) is 0 Å². The summed E-state index contributed by atoms with van der Waals surface area (Å²) in [7, 11) is 4.26. The fourth-order valence-corrected chi connectivity index (χ4v) is 3.47. The van der Waals surface area contributed by atoms with Gasteiger partial charge in [0.05, 0.1) is 5.92 Å². The average molecular weight is 267 g/mol. The van der Waals surface area contributed by atoms with Crippen molar-refractivity contribution < 1.29 is 4.79 Å². The third kappa shape index (κ3) is 3.93. The Balaban J connectivity index is 1.81. The van der Waals surface area contributed by atoms with E-state index in [2.05, 4.69) is 36.1 Å². The average Bonchev–Trinajstić information content (AvgIpc) is 2.39. The third-order valence-corrected chi connectivity index (χ3v) is 4.63. The van der Waals surface area contributed by atoms with Gasteiger partial charge in [0.25, 0.3) is 0 Å². The van der Waals surface area contributed by atoms with Crippen LogP contribution in [-0.2, 0) is 4.79 Å². The highest BCUT2D eigenvalue weighted by Crippen LogP contribution is 2.23. The van der Waals surface area contributed by atoms with Gasteiger partial charge in [0.1, 0.15) is 0 Å². The molecule has 19 heavy (non-hydrogen) atoms. The van der Waals surface area contributed by atoms with Crippen molar-refractivity contribution in [2.75, 3.05) is 40.3 Å². The van der Waals surface area contributed by atoms with Crippen molar-refractivity contribution in [2.24, 2.45) is 11.8 Å². The first kappa shape index (κ1) is 14.8. The molecule has 2 atom stereocenters. The highest BCUT2D eigenvalue weighted by molar-refractivity contribution is 5.79. The summed E-state index contributed by atoms with van der Waals surface area (Å²) in [5.41, 5.74) is 0. The Morgan fingerprint density at radius 3 is 2.53 bits per heavy atom. The Morgan fingerprint density at radius 2 is 1.95 bits per heavy atom. The lowest BCUT2D eigenvalue weighted by molar-refractivity contribution is -0.138. The van der Waals surface area contributed by atoms with Crippen LogP contribution in [-0.4, -0.2) is 62.0 Å². The first-order chi connectivity index (χ1) is 9.08. The fraction of sp³-hybridized carbons (Fsp3) is 0.933. The van der Waals surface area contributed by atoms with Gasteiger partial charge in [-0.15, -0.1) is 0 Å². The Hall–Kier alpha value is -0.610. The number of likely N-dealkylation sites (tertiary alicyclic amines) is 1.